The first-order valence-corrected chi connectivity index (χ1v) is 11.3. The van der Waals surface area contributed by atoms with Crippen LogP contribution in [-0.4, -0.2) is 22.6 Å². The molecule has 2 aliphatic heterocycles. The molecule has 5 aromatic rings. The van der Waals surface area contributed by atoms with Crippen LogP contribution in [0.3, 0.4) is 0 Å². The van der Waals surface area contributed by atoms with Gasteiger partial charge >= 0.3 is 0 Å². The fourth-order valence-electron chi connectivity index (χ4n) is 6.30. The van der Waals surface area contributed by atoms with E-state index in [1.54, 1.807) is 6.07 Å². The molecule has 1 aromatic heterocycles. The Bertz CT molecular complexity index is 1500. The van der Waals surface area contributed by atoms with E-state index in [1.807, 2.05) is 10.6 Å². The molecule has 2 atom stereocenters. The van der Waals surface area contributed by atoms with Gasteiger partial charge in [0.15, 0.2) is 0 Å². The third-order valence-electron chi connectivity index (χ3n) is 7.57. The Hall–Kier alpha value is -3.17. The van der Waals surface area contributed by atoms with Crippen LogP contribution in [0.25, 0.3) is 32.3 Å². The minimum Gasteiger partial charge on any atom is -0.312 e. The van der Waals surface area contributed by atoms with Crippen LogP contribution in [0.4, 0.5) is 0 Å². The summed E-state index contributed by atoms with van der Waals surface area (Å²) in [5, 5.41) is 8.15. The Morgan fingerprint density at radius 1 is 0.742 bits per heavy atom. The van der Waals surface area contributed by atoms with Crippen molar-refractivity contribution in [1.82, 2.24) is 9.47 Å². The number of nitrogens with zero attached hydrogens (tertiary/aromatic N) is 2. The summed E-state index contributed by atoms with van der Waals surface area (Å²) in [6.45, 7) is 3.93. The van der Waals surface area contributed by atoms with Crippen molar-refractivity contribution in [2.24, 2.45) is 5.92 Å². The molecule has 4 aromatic carbocycles. The number of piperidine rings is 1. The number of hydrogen-bond donors (Lipinski definition) is 0. The van der Waals surface area contributed by atoms with E-state index in [1.165, 1.54) is 50.0 Å². The molecule has 0 unspecified atom stereocenters. The maximum Gasteiger partial charge on any atom is 0.250 e. The zero-order valence-corrected chi connectivity index (χ0v) is 17.4. The molecular formula is C28H24N2O. The van der Waals surface area contributed by atoms with E-state index >= 15 is 0 Å². The van der Waals surface area contributed by atoms with Crippen LogP contribution in [0.5, 0.6) is 0 Å². The third kappa shape index (κ3) is 2.60. The van der Waals surface area contributed by atoms with Crippen molar-refractivity contribution in [3.8, 4) is 0 Å². The first kappa shape index (κ1) is 17.5. The molecule has 0 radical (unpaired) electrons. The van der Waals surface area contributed by atoms with Gasteiger partial charge in [-0.1, -0.05) is 60.7 Å². The summed E-state index contributed by atoms with van der Waals surface area (Å²) in [6, 6.07) is 26.1. The van der Waals surface area contributed by atoms with Crippen LogP contribution in [-0.2, 0) is 13.1 Å². The summed E-state index contributed by atoms with van der Waals surface area (Å²) in [4.78, 5) is 14.9. The zero-order chi connectivity index (χ0) is 20.5. The summed E-state index contributed by atoms with van der Waals surface area (Å²) >= 11 is 0. The van der Waals surface area contributed by atoms with Crippen molar-refractivity contribution in [2.45, 2.75) is 25.4 Å². The molecule has 152 valence electrons. The van der Waals surface area contributed by atoms with Gasteiger partial charge in [0, 0.05) is 43.9 Å². The number of hydrogen-bond acceptors (Lipinski definition) is 2. The summed E-state index contributed by atoms with van der Waals surface area (Å²) in [7, 11) is 0. The largest absolute Gasteiger partial charge is 0.312 e. The summed E-state index contributed by atoms with van der Waals surface area (Å²) in [6.07, 6.45) is 1.21. The summed E-state index contributed by atoms with van der Waals surface area (Å²) in [5.41, 5.74) is 2.80. The normalized spacial score (nSPS) is 21.2. The molecule has 0 amide bonds. The topological polar surface area (TPSA) is 25.2 Å². The number of aromatic nitrogens is 1. The second kappa shape index (κ2) is 6.41. The first-order valence-electron chi connectivity index (χ1n) is 11.3. The lowest BCUT2D eigenvalue weighted by Crippen LogP contribution is -2.46. The molecule has 1 saturated heterocycles. The number of fused-ring (bicyclic) bond motifs is 4. The number of benzene rings is 4. The SMILES string of the molecule is O=c1cccc2n1C[C@@H]1C[C@H]2CN(Cc2ccc3ccc4cccc5ccc2c3c45)C1. The molecule has 0 spiro atoms. The smallest absolute Gasteiger partial charge is 0.250 e. The van der Waals surface area contributed by atoms with E-state index in [2.05, 4.69) is 65.6 Å². The molecule has 2 bridgehead atoms. The molecular weight excluding hydrogens is 380 g/mol. The molecule has 3 heteroatoms. The van der Waals surface area contributed by atoms with E-state index in [0.717, 1.165) is 26.2 Å². The second-order valence-electron chi connectivity index (χ2n) is 9.47. The second-order valence-corrected chi connectivity index (χ2v) is 9.47. The molecule has 7 rings (SSSR count). The van der Waals surface area contributed by atoms with Gasteiger partial charge in [-0.2, -0.15) is 0 Å². The maximum atomic E-state index is 12.3. The van der Waals surface area contributed by atoms with Gasteiger partial charge in [0.25, 0.3) is 5.56 Å². The quantitative estimate of drug-likeness (QED) is 0.370. The van der Waals surface area contributed by atoms with Crippen LogP contribution in [0.15, 0.2) is 77.6 Å². The predicted octanol–water partition coefficient (Wildman–Crippen LogP) is 5.37. The standard InChI is InChI=1S/C28H24N2O/c31-26-6-2-5-25-23-13-18(15-30(25)26)14-29(17-23)16-22-10-9-21-8-7-19-3-1-4-20-11-12-24(22)28(21)27(19)20/h1-12,18,23H,13-17H2/t18-,23+/m1/s1. The van der Waals surface area contributed by atoms with Crippen LogP contribution in [0.2, 0.25) is 0 Å². The van der Waals surface area contributed by atoms with Crippen molar-refractivity contribution < 1.29 is 0 Å². The van der Waals surface area contributed by atoms with Crippen LogP contribution in [0.1, 0.15) is 23.6 Å². The van der Waals surface area contributed by atoms with E-state index in [4.69, 9.17) is 0 Å². The van der Waals surface area contributed by atoms with Gasteiger partial charge in [0.2, 0.25) is 0 Å². The molecule has 31 heavy (non-hydrogen) atoms. The Labute approximate surface area is 180 Å². The average molecular weight is 405 g/mol. The van der Waals surface area contributed by atoms with E-state index in [0.29, 0.717) is 11.8 Å². The number of pyridine rings is 1. The highest BCUT2D eigenvalue weighted by Crippen LogP contribution is 2.38. The lowest BCUT2D eigenvalue weighted by atomic mass is 9.83. The molecule has 0 N–H and O–H groups in total. The van der Waals surface area contributed by atoms with E-state index in [9.17, 15) is 4.79 Å². The van der Waals surface area contributed by atoms with E-state index < -0.39 is 0 Å². The Balaban J connectivity index is 1.29. The minimum atomic E-state index is 0.160. The molecule has 3 heterocycles. The average Bonchev–Trinajstić information content (AvgIpc) is 2.79. The zero-order valence-electron chi connectivity index (χ0n) is 17.4. The number of likely N-dealkylation sites (tertiary alicyclic amines) is 1. The van der Waals surface area contributed by atoms with Crippen molar-refractivity contribution >= 4 is 32.3 Å². The summed E-state index contributed by atoms with van der Waals surface area (Å²) in [5.74, 6) is 1.02. The monoisotopic (exact) mass is 404 g/mol. The van der Waals surface area contributed by atoms with Crippen LogP contribution in [0, 0.1) is 5.92 Å². The van der Waals surface area contributed by atoms with E-state index in [-0.39, 0.29) is 5.56 Å². The molecule has 3 nitrogen and oxygen atoms in total. The van der Waals surface area contributed by atoms with Gasteiger partial charge in [0.1, 0.15) is 0 Å². The summed E-state index contributed by atoms with van der Waals surface area (Å²) < 4.78 is 2.02. The Morgan fingerprint density at radius 2 is 1.48 bits per heavy atom. The fourth-order valence-corrected chi connectivity index (χ4v) is 6.30. The van der Waals surface area contributed by atoms with Crippen LogP contribution < -0.4 is 5.56 Å². The predicted molar refractivity (Wildman–Crippen MR) is 127 cm³/mol. The van der Waals surface area contributed by atoms with Gasteiger partial charge in [-0.05, 0) is 56.3 Å². The van der Waals surface area contributed by atoms with Crippen molar-refractivity contribution in [3.05, 3.63) is 94.4 Å². The van der Waals surface area contributed by atoms with Gasteiger partial charge in [-0.3, -0.25) is 9.69 Å². The highest BCUT2D eigenvalue weighted by atomic mass is 16.1. The lowest BCUT2D eigenvalue weighted by molar-refractivity contribution is 0.115. The molecule has 1 fully saturated rings. The van der Waals surface area contributed by atoms with Gasteiger partial charge in [-0.15, -0.1) is 0 Å². The maximum absolute atomic E-state index is 12.3. The minimum absolute atomic E-state index is 0.160. The first-order chi connectivity index (χ1) is 15.2. The Kier molecular flexibility index (Phi) is 3.62. The van der Waals surface area contributed by atoms with Crippen molar-refractivity contribution in [2.75, 3.05) is 13.1 Å². The molecule has 0 aliphatic carbocycles. The third-order valence-corrected chi connectivity index (χ3v) is 7.57. The van der Waals surface area contributed by atoms with Gasteiger partial charge in [-0.25, -0.2) is 0 Å². The van der Waals surface area contributed by atoms with Gasteiger partial charge in [0.05, 0.1) is 0 Å². The van der Waals surface area contributed by atoms with Crippen molar-refractivity contribution in [3.63, 3.8) is 0 Å². The highest BCUT2D eigenvalue weighted by Gasteiger charge is 2.34. The Morgan fingerprint density at radius 3 is 2.35 bits per heavy atom. The molecule has 0 saturated carbocycles. The van der Waals surface area contributed by atoms with Gasteiger partial charge < -0.3 is 4.57 Å². The van der Waals surface area contributed by atoms with Crippen molar-refractivity contribution in [1.29, 1.82) is 0 Å². The molecule has 2 aliphatic rings. The number of rotatable bonds is 2. The van der Waals surface area contributed by atoms with Crippen LogP contribution >= 0.6 is 0 Å². The highest BCUT2D eigenvalue weighted by molar-refractivity contribution is 6.23. The lowest BCUT2D eigenvalue weighted by Gasteiger charge is -2.43. The fraction of sp³-hybridized carbons (Fsp3) is 0.250.